The van der Waals surface area contributed by atoms with Gasteiger partial charge in [-0.05, 0) is 25.1 Å². The Hall–Kier alpha value is -1.28. The number of halogens is 1. The van der Waals surface area contributed by atoms with E-state index in [0.29, 0.717) is 5.88 Å². The van der Waals surface area contributed by atoms with Gasteiger partial charge in [-0.15, -0.1) is 11.6 Å². The number of anilines is 1. The lowest BCUT2D eigenvalue weighted by Crippen LogP contribution is -2.17. The summed E-state index contributed by atoms with van der Waals surface area (Å²) in [7, 11) is 0. The Morgan fingerprint density at radius 1 is 1.27 bits per heavy atom. The van der Waals surface area contributed by atoms with Crippen molar-refractivity contribution in [1.82, 2.24) is 4.98 Å². The Morgan fingerprint density at radius 2 is 2.07 bits per heavy atom. The zero-order chi connectivity index (χ0) is 10.7. The van der Waals surface area contributed by atoms with E-state index in [1.54, 1.807) is 0 Å². The van der Waals surface area contributed by atoms with Crippen LogP contribution in [-0.2, 0) is 0 Å². The predicted molar refractivity (Wildman–Crippen MR) is 65.5 cm³/mol. The summed E-state index contributed by atoms with van der Waals surface area (Å²) in [5.41, 5.74) is 1.00. The molecule has 2 rings (SSSR count). The summed E-state index contributed by atoms with van der Waals surface area (Å²) in [6.07, 6.45) is 0. The molecule has 1 aromatic carbocycles. The molecular formula is C12H13ClN2. The number of nitrogens with zero attached hydrogens (tertiary/aromatic N) is 1. The van der Waals surface area contributed by atoms with Crippen LogP contribution >= 0.6 is 11.6 Å². The zero-order valence-corrected chi connectivity index (χ0v) is 9.33. The molecule has 0 amide bonds. The van der Waals surface area contributed by atoms with Crippen molar-refractivity contribution in [2.75, 3.05) is 11.2 Å². The first-order valence-electron chi connectivity index (χ1n) is 4.98. The van der Waals surface area contributed by atoms with Crippen molar-refractivity contribution in [3.05, 3.63) is 36.4 Å². The van der Waals surface area contributed by atoms with Crippen molar-refractivity contribution in [2.24, 2.45) is 0 Å². The summed E-state index contributed by atoms with van der Waals surface area (Å²) in [5, 5.41) is 4.39. The van der Waals surface area contributed by atoms with Crippen molar-refractivity contribution in [3.63, 3.8) is 0 Å². The topological polar surface area (TPSA) is 24.9 Å². The van der Waals surface area contributed by atoms with Gasteiger partial charge >= 0.3 is 0 Å². The number of aromatic nitrogens is 1. The second kappa shape index (κ2) is 4.49. The molecule has 0 saturated carbocycles. The molecule has 2 aromatic rings. The summed E-state index contributed by atoms with van der Waals surface area (Å²) in [6.45, 7) is 2.03. The molecule has 3 heteroatoms. The van der Waals surface area contributed by atoms with Crippen molar-refractivity contribution >= 4 is 28.3 Å². The van der Waals surface area contributed by atoms with Gasteiger partial charge in [0, 0.05) is 17.3 Å². The monoisotopic (exact) mass is 220 g/mol. The van der Waals surface area contributed by atoms with E-state index >= 15 is 0 Å². The van der Waals surface area contributed by atoms with E-state index in [1.165, 1.54) is 0 Å². The second-order valence-corrected chi connectivity index (χ2v) is 3.90. The molecule has 1 N–H and O–H groups in total. The van der Waals surface area contributed by atoms with Gasteiger partial charge in [-0.25, -0.2) is 4.98 Å². The van der Waals surface area contributed by atoms with Crippen LogP contribution in [0.25, 0.3) is 10.9 Å². The lowest BCUT2D eigenvalue weighted by atomic mass is 10.2. The van der Waals surface area contributed by atoms with Crippen molar-refractivity contribution in [3.8, 4) is 0 Å². The number of pyridine rings is 1. The maximum absolute atomic E-state index is 5.73. The Kier molecular flexibility index (Phi) is 3.07. The number of nitrogens with one attached hydrogen (secondary N) is 1. The molecule has 1 aromatic heterocycles. The van der Waals surface area contributed by atoms with Crippen LogP contribution in [0.2, 0.25) is 0 Å². The van der Waals surface area contributed by atoms with Crippen molar-refractivity contribution < 1.29 is 0 Å². The lowest BCUT2D eigenvalue weighted by Gasteiger charge is -2.11. The molecule has 0 aliphatic heterocycles. The summed E-state index contributed by atoms with van der Waals surface area (Å²) in [6, 6.07) is 12.3. The van der Waals surface area contributed by atoms with Crippen molar-refractivity contribution in [1.29, 1.82) is 0 Å². The van der Waals surface area contributed by atoms with E-state index in [9.17, 15) is 0 Å². The number of rotatable bonds is 3. The number of hydrogen-bond donors (Lipinski definition) is 1. The molecule has 0 aliphatic carbocycles. The van der Waals surface area contributed by atoms with Crippen LogP contribution in [0.3, 0.4) is 0 Å². The summed E-state index contributed by atoms with van der Waals surface area (Å²) in [5.74, 6) is 1.45. The van der Waals surface area contributed by atoms with Crippen molar-refractivity contribution in [2.45, 2.75) is 13.0 Å². The fourth-order valence-corrected chi connectivity index (χ4v) is 1.51. The third-order valence-corrected chi connectivity index (χ3v) is 2.69. The lowest BCUT2D eigenvalue weighted by molar-refractivity contribution is 0.899. The van der Waals surface area contributed by atoms with Gasteiger partial charge in [0.15, 0.2) is 0 Å². The minimum absolute atomic E-state index is 0.236. The average Bonchev–Trinajstić information content (AvgIpc) is 2.29. The molecule has 1 unspecified atom stereocenters. The quantitative estimate of drug-likeness (QED) is 0.804. The highest BCUT2D eigenvalue weighted by atomic mass is 35.5. The smallest absolute Gasteiger partial charge is 0.126 e. The van der Waals surface area contributed by atoms with Gasteiger partial charge in [-0.3, -0.25) is 0 Å². The number of fused-ring (bicyclic) bond motifs is 1. The van der Waals surface area contributed by atoms with Gasteiger partial charge in [0.1, 0.15) is 5.82 Å². The molecular weight excluding hydrogens is 208 g/mol. The molecule has 0 saturated heterocycles. The Morgan fingerprint density at radius 3 is 2.87 bits per heavy atom. The number of alkyl halides is 1. The van der Waals surface area contributed by atoms with Crippen LogP contribution in [-0.4, -0.2) is 16.9 Å². The molecule has 0 radical (unpaired) electrons. The maximum atomic E-state index is 5.73. The average molecular weight is 221 g/mol. The van der Waals surface area contributed by atoms with Crippen LogP contribution in [0.15, 0.2) is 36.4 Å². The molecule has 15 heavy (non-hydrogen) atoms. The summed E-state index contributed by atoms with van der Waals surface area (Å²) < 4.78 is 0. The summed E-state index contributed by atoms with van der Waals surface area (Å²) in [4.78, 5) is 4.49. The molecule has 0 bridgehead atoms. The van der Waals surface area contributed by atoms with E-state index in [0.717, 1.165) is 16.7 Å². The Bertz CT molecular complexity index is 456. The first kappa shape index (κ1) is 10.2. The van der Waals surface area contributed by atoms with Gasteiger partial charge in [-0.2, -0.15) is 0 Å². The van der Waals surface area contributed by atoms with E-state index in [4.69, 9.17) is 11.6 Å². The number of hydrogen-bond acceptors (Lipinski definition) is 2. The number of benzene rings is 1. The van der Waals surface area contributed by atoms with Crippen LogP contribution in [0.1, 0.15) is 6.92 Å². The third kappa shape index (κ3) is 2.39. The fraction of sp³-hybridized carbons (Fsp3) is 0.250. The van der Waals surface area contributed by atoms with Gasteiger partial charge in [-0.1, -0.05) is 18.2 Å². The Labute approximate surface area is 94.3 Å². The summed E-state index contributed by atoms with van der Waals surface area (Å²) >= 11 is 5.73. The minimum atomic E-state index is 0.236. The molecule has 78 valence electrons. The van der Waals surface area contributed by atoms with Gasteiger partial charge in [0.2, 0.25) is 0 Å². The first-order valence-corrected chi connectivity index (χ1v) is 5.51. The molecule has 0 aliphatic rings. The highest BCUT2D eigenvalue weighted by molar-refractivity contribution is 6.18. The highest BCUT2D eigenvalue weighted by Crippen LogP contribution is 2.15. The number of para-hydroxylation sites is 1. The SMILES string of the molecule is CC(CCl)Nc1ccc2ccccc2n1. The molecule has 1 heterocycles. The van der Waals surface area contributed by atoms with Gasteiger partial charge < -0.3 is 5.32 Å². The standard InChI is InChI=1S/C12H13ClN2/c1-9(8-13)14-12-7-6-10-4-2-3-5-11(10)15-12/h2-7,9H,8H2,1H3,(H,14,15). The van der Waals surface area contributed by atoms with Gasteiger partial charge in [0.05, 0.1) is 5.52 Å². The maximum Gasteiger partial charge on any atom is 0.126 e. The fourth-order valence-electron chi connectivity index (χ4n) is 1.44. The predicted octanol–water partition coefficient (Wildman–Crippen LogP) is 3.27. The molecule has 1 atom stereocenters. The Balaban J connectivity index is 2.30. The van der Waals surface area contributed by atoms with Crippen LogP contribution in [0.5, 0.6) is 0 Å². The largest absolute Gasteiger partial charge is 0.366 e. The molecule has 2 nitrogen and oxygen atoms in total. The van der Waals surface area contributed by atoms with Crippen LogP contribution < -0.4 is 5.32 Å². The van der Waals surface area contributed by atoms with E-state index < -0.39 is 0 Å². The highest BCUT2D eigenvalue weighted by Gasteiger charge is 2.01. The zero-order valence-electron chi connectivity index (χ0n) is 8.57. The van der Waals surface area contributed by atoms with E-state index in [1.807, 2.05) is 31.2 Å². The third-order valence-electron chi connectivity index (χ3n) is 2.22. The second-order valence-electron chi connectivity index (χ2n) is 3.59. The molecule has 0 fully saturated rings. The van der Waals surface area contributed by atoms with Gasteiger partial charge in [0.25, 0.3) is 0 Å². The first-order chi connectivity index (χ1) is 7.29. The van der Waals surface area contributed by atoms with E-state index in [2.05, 4.69) is 22.4 Å². The van der Waals surface area contributed by atoms with Crippen LogP contribution in [0.4, 0.5) is 5.82 Å². The van der Waals surface area contributed by atoms with E-state index in [-0.39, 0.29) is 6.04 Å². The minimum Gasteiger partial charge on any atom is -0.366 e. The van der Waals surface area contributed by atoms with Crippen LogP contribution in [0, 0.1) is 0 Å². The normalized spacial score (nSPS) is 12.7. The molecule has 0 spiro atoms.